The largest absolute Gasteiger partial charge is 0.451 e. The maximum absolute atomic E-state index is 11.9. The molecule has 1 amide bonds. The van der Waals surface area contributed by atoms with Crippen molar-refractivity contribution < 1.29 is 19.1 Å². The fourth-order valence-corrected chi connectivity index (χ4v) is 2.05. The van der Waals surface area contributed by atoms with E-state index in [0.717, 1.165) is 6.42 Å². The summed E-state index contributed by atoms with van der Waals surface area (Å²) in [6, 6.07) is 6.86. The molecule has 1 aromatic rings. The molecule has 20 heavy (non-hydrogen) atoms. The molecule has 2 rings (SSSR count). The molecule has 2 atom stereocenters. The molecule has 1 aliphatic heterocycles. The van der Waals surface area contributed by atoms with Crippen molar-refractivity contribution in [1.82, 2.24) is 0 Å². The molecule has 0 aliphatic carbocycles. The second-order valence-corrected chi connectivity index (χ2v) is 4.96. The fourth-order valence-electron chi connectivity index (χ4n) is 1.86. The molecule has 0 aromatic heterocycles. The summed E-state index contributed by atoms with van der Waals surface area (Å²) < 4.78 is 10.3. The summed E-state index contributed by atoms with van der Waals surface area (Å²) >= 11 is 5.94. The Hall–Kier alpha value is -1.59. The lowest BCUT2D eigenvalue weighted by Crippen LogP contribution is -2.34. The number of carbonyl (C=O) groups excluding carboxylic acids is 2. The molecule has 0 unspecified atom stereocenters. The minimum atomic E-state index is -0.900. The zero-order chi connectivity index (χ0) is 14.5. The van der Waals surface area contributed by atoms with Crippen molar-refractivity contribution in [1.29, 1.82) is 0 Å². The maximum atomic E-state index is 11.9. The van der Waals surface area contributed by atoms with Gasteiger partial charge in [0.05, 0.1) is 10.7 Å². The van der Waals surface area contributed by atoms with Gasteiger partial charge >= 0.3 is 5.97 Å². The number of nitrogens with one attached hydrogen (secondary N) is 1. The van der Waals surface area contributed by atoms with Gasteiger partial charge in [-0.25, -0.2) is 4.79 Å². The number of halogens is 1. The molecule has 1 N–H and O–H groups in total. The van der Waals surface area contributed by atoms with E-state index in [1.165, 1.54) is 6.92 Å². The van der Waals surface area contributed by atoms with Crippen LogP contribution in [0.2, 0.25) is 5.02 Å². The minimum absolute atomic E-state index is 0.426. The van der Waals surface area contributed by atoms with Gasteiger partial charge in [-0.2, -0.15) is 0 Å². The van der Waals surface area contributed by atoms with Crippen LogP contribution in [0, 0.1) is 0 Å². The normalized spacial score (nSPS) is 19.4. The SMILES string of the molecule is C[C@@H](OC(=O)[C@@H]1CCCO1)C(=O)Nc1ccccc1Cl. The number of para-hydroxylation sites is 1. The van der Waals surface area contributed by atoms with Crippen LogP contribution in [0.25, 0.3) is 0 Å². The van der Waals surface area contributed by atoms with Crippen LogP contribution < -0.4 is 5.32 Å². The second kappa shape index (κ2) is 6.72. The monoisotopic (exact) mass is 297 g/mol. The van der Waals surface area contributed by atoms with Crippen molar-refractivity contribution in [3.05, 3.63) is 29.3 Å². The smallest absolute Gasteiger partial charge is 0.336 e. The third-order valence-electron chi connectivity index (χ3n) is 2.99. The molecule has 0 radical (unpaired) electrons. The summed E-state index contributed by atoms with van der Waals surface area (Å²) in [6.07, 6.45) is 0.0195. The number of anilines is 1. The highest BCUT2D eigenvalue weighted by Crippen LogP contribution is 2.21. The Morgan fingerprint density at radius 2 is 2.20 bits per heavy atom. The summed E-state index contributed by atoms with van der Waals surface area (Å²) in [7, 11) is 0. The topological polar surface area (TPSA) is 64.6 Å². The quantitative estimate of drug-likeness (QED) is 0.867. The first-order chi connectivity index (χ1) is 9.58. The Labute approximate surface area is 122 Å². The fraction of sp³-hybridized carbons (Fsp3) is 0.429. The average molecular weight is 298 g/mol. The van der Waals surface area contributed by atoms with Crippen LogP contribution in [-0.4, -0.2) is 30.7 Å². The van der Waals surface area contributed by atoms with Crippen molar-refractivity contribution in [2.75, 3.05) is 11.9 Å². The van der Waals surface area contributed by atoms with E-state index < -0.39 is 24.1 Å². The summed E-state index contributed by atoms with van der Waals surface area (Å²) in [5, 5.41) is 3.05. The standard InChI is InChI=1S/C14H16ClNO4/c1-9(20-14(18)12-7-4-8-19-12)13(17)16-11-6-3-2-5-10(11)15/h2-3,5-6,9,12H,4,7-8H2,1H3,(H,16,17)/t9-,12+/m1/s1. The molecule has 1 aliphatic rings. The third-order valence-corrected chi connectivity index (χ3v) is 3.32. The Bertz CT molecular complexity index is 500. The van der Waals surface area contributed by atoms with E-state index in [0.29, 0.717) is 23.7 Å². The number of carbonyl (C=O) groups is 2. The number of rotatable bonds is 4. The highest BCUT2D eigenvalue weighted by atomic mass is 35.5. The maximum Gasteiger partial charge on any atom is 0.336 e. The van der Waals surface area contributed by atoms with Crippen molar-refractivity contribution in [3.8, 4) is 0 Å². The van der Waals surface area contributed by atoms with E-state index in [2.05, 4.69) is 5.32 Å². The van der Waals surface area contributed by atoms with Crippen LogP contribution in [0.1, 0.15) is 19.8 Å². The zero-order valence-electron chi connectivity index (χ0n) is 11.1. The van der Waals surface area contributed by atoms with Gasteiger partial charge in [0.2, 0.25) is 0 Å². The second-order valence-electron chi connectivity index (χ2n) is 4.55. The predicted octanol–water partition coefficient (Wildman–Crippen LogP) is 2.39. The number of hydrogen-bond acceptors (Lipinski definition) is 4. The molecule has 108 valence electrons. The number of esters is 1. The first-order valence-corrected chi connectivity index (χ1v) is 6.83. The molecule has 5 nitrogen and oxygen atoms in total. The summed E-state index contributed by atoms with van der Waals surface area (Å²) in [6.45, 7) is 2.07. The van der Waals surface area contributed by atoms with Crippen LogP contribution in [0.5, 0.6) is 0 Å². The zero-order valence-corrected chi connectivity index (χ0v) is 11.9. The number of hydrogen-bond donors (Lipinski definition) is 1. The predicted molar refractivity (Wildman–Crippen MR) is 74.6 cm³/mol. The lowest BCUT2D eigenvalue weighted by molar-refractivity contribution is -0.162. The molecular formula is C14H16ClNO4. The molecular weight excluding hydrogens is 282 g/mol. The van der Waals surface area contributed by atoms with Gasteiger partial charge < -0.3 is 14.8 Å². The van der Waals surface area contributed by atoms with Crippen molar-refractivity contribution in [2.24, 2.45) is 0 Å². The van der Waals surface area contributed by atoms with Gasteiger partial charge in [0.1, 0.15) is 0 Å². The third kappa shape index (κ3) is 3.71. The van der Waals surface area contributed by atoms with Gasteiger partial charge in [0, 0.05) is 6.61 Å². The van der Waals surface area contributed by atoms with E-state index in [1.807, 2.05) is 0 Å². The molecule has 1 aromatic carbocycles. The Kier molecular flexibility index (Phi) is 4.98. The van der Waals surface area contributed by atoms with Gasteiger partial charge in [-0.1, -0.05) is 23.7 Å². The summed E-state index contributed by atoms with van der Waals surface area (Å²) in [5.41, 5.74) is 0.485. The first kappa shape index (κ1) is 14.8. The van der Waals surface area contributed by atoms with Crippen molar-refractivity contribution >= 4 is 29.2 Å². The van der Waals surface area contributed by atoms with Crippen LogP contribution >= 0.6 is 11.6 Å². The summed E-state index contributed by atoms with van der Waals surface area (Å²) in [4.78, 5) is 23.7. The Balaban J connectivity index is 1.88. The van der Waals surface area contributed by atoms with Gasteiger partial charge in [-0.3, -0.25) is 4.79 Å². The number of amides is 1. The molecule has 6 heteroatoms. The van der Waals surface area contributed by atoms with E-state index in [9.17, 15) is 9.59 Å². The van der Waals surface area contributed by atoms with Crippen molar-refractivity contribution in [3.63, 3.8) is 0 Å². The van der Waals surface area contributed by atoms with Crippen LogP contribution in [-0.2, 0) is 19.1 Å². The Morgan fingerprint density at radius 1 is 1.45 bits per heavy atom. The average Bonchev–Trinajstić information content (AvgIpc) is 2.95. The highest BCUT2D eigenvalue weighted by Gasteiger charge is 2.28. The van der Waals surface area contributed by atoms with Gasteiger partial charge in [-0.15, -0.1) is 0 Å². The highest BCUT2D eigenvalue weighted by molar-refractivity contribution is 6.33. The molecule has 0 spiro atoms. The van der Waals surface area contributed by atoms with Gasteiger partial charge in [-0.05, 0) is 31.9 Å². The molecule has 1 fully saturated rings. The number of benzene rings is 1. The summed E-state index contributed by atoms with van der Waals surface area (Å²) in [5.74, 6) is -0.922. The van der Waals surface area contributed by atoms with Crippen LogP contribution in [0.4, 0.5) is 5.69 Å². The number of ether oxygens (including phenoxy) is 2. The lowest BCUT2D eigenvalue weighted by atomic mass is 10.2. The van der Waals surface area contributed by atoms with E-state index in [1.54, 1.807) is 24.3 Å². The van der Waals surface area contributed by atoms with Crippen LogP contribution in [0.3, 0.4) is 0 Å². The van der Waals surface area contributed by atoms with E-state index >= 15 is 0 Å². The van der Waals surface area contributed by atoms with Gasteiger partial charge in [0.15, 0.2) is 12.2 Å². The molecule has 0 bridgehead atoms. The van der Waals surface area contributed by atoms with Crippen LogP contribution in [0.15, 0.2) is 24.3 Å². The Morgan fingerprint density at radius 3 is 2.85 bits per heavy atom. The van der Waals surface area contributed by atoms with E-state index in [4.69, 9.17) is 21.1 Å². The molecule has 1 heterocycles. The first-order valence-electron chi connectivity index (χ1n) is 6.45. The van der Waals surface area contributed by atoms with E-state index in [-0.39, 0.29) is 0 Å². The minimum Gasteiger partial charge on any atom is -0.451 e. The molecule has 1 saturated heterocycles. The van der Waals surface area contributed by atoms with Gasteiger partial charge in [0.25, 0.3) is 5.91 Å². The molecule has 0 saturated carbocycles. The lowest BCUT2D eigenvalue weighted by Gasteiger charge is -2.16. The van der Waals surface area contributed by atoms with Crippen molar-refractivity contribution in [2.45, 2.75) is 32.0 Å².